The highest BCUT2D eigenvalue weighted by molar-refractivity contribution is 8.01. The number of carbonyl (C=O) groups excluding carboxylic acids is 1. The van der Waals surface area contributed by atoms with Crippen molar-refractivity contribution < 1.29 is 17.6 Å². The number of rotatable bonds is 7. The molecule has 2 heterocycles. The highest BCUT2D eigenvalue weighted by Crippen LogP contribution is 2.29. The van der Waals surface area contributed by atoms with Gasteiger partial charge in [-0.3, -0.25) is 4.79 Å². The standard InChI is InChI=1S/C18H23FN4O3S3/c1-12(2)11-27-18-22-21-17(28-18)20-16(24)13-7-9-23(10-8-13)29(25,26)15-5-3-14(19)4-6-15/h3-6,12-13H,7-11H2,1-2H3,(H,20,21,24). The molecular weight excluding hydrogens is 435 g/mol. The van der Waals surface area contributed by atoms with Gasteiger partial charge in [0.1, 0.15) is 5.82 Å². The van der Waals surface area contributed by atoms with Gasteiger partial charge < -0.3 is 5.32 Å². The Balaban J connectivity index is 1.53. The highest BCUT2D eigenvalue weighted by Gasteiger charge is 2.32. The van der Waals surface area contributed by atoms with E-state index < -0.39 is 15.8 Å². The topological polar surface area (TPSA) is 92.3 Å². The fraction of sp³-hybridized carbons (Fsp3) is 0.500. The molecule has 1 N–H and O–H groups in total. The third kappa shape index (κ3) is 5.74. The van der Waals surface area contributed by atoms with Crippen molar-refractivity contribution in [2.45, 2.75) is 35.9 Å². The van der Waals surface area contributed by atoms with E-state index in [1.165, 1.54) is 27.8 Å². The van der Waals surface area contributed by atoms with E-state index in [0.29, 0.717) is 23.9 Å². The fourth-order valence-corrected chi connectivity index (χ4v) is 6.08. The van der Waals surface area contributed by atoms with Crippen molar-refractivity contribution in [3.05, 3.63) is 30.1 Å². The molecule has 158 valence electrons. The number of benzene rings is 1. The molecule has 29 heavy (non-hydrogen) atoms. The molecule has 3 rings (SSSR count). The first kappa shape index (κ1) is 22.1. The lowest BCUT2D eigenvalue weighted by atomic mass is 9.97. The van der Waals surface area contributed by atoms with Gasteiger partial charge in [0.2, 0.25) is 21.1 Å². The van der Waals surface area contributed by atoms with Gasteiger partial charge in [-0.05, 0) is 43.0 Å². The van der Waals surface area contributed by atoms with Crippen LogP contribution in [-0.4, -0.2) is 47.7 Å². The number of sulfonamides is 1. The molecule has 0 radical (unpaired) electrons. The number of hydrogen-bond acceptors (Lipinski definition) is 7. The molecule has 1 aliphatic rings. The summed E-state index contributed by atoms with van der Waals surface area (Å²) in [4.78, 5) is 12.6. The molecule has 1 aromatic heterocycles. The maximum absolute atomic E-state index is 13.1. The molecule has 0 spiro atoms. The molecule has 2 aromatic rings. The molecule has 11 heteroatoms. The largest absolute Gasteiger partial charge is 0.300 e. The van der Waals surface area contributed by atoms with E-state index in [1.54, 1.807) is 11.8 Å². The van der Waals surface area contributed by atoms with E-state index in [0.717, 1.165) is 22.2 Å². The van der Waals surface area contributed by atoms with Crippen LogP contribution in [0.15, 0.2) is 33.5 Å². The zero-order valence-electron chi connectivity index (χ0n) is 16.2. The highest BCUT2D eigenvalue weighted by atomic mass is 32.2. The van der Waals surface area contributed by atoms with Gasteiger partial charge in [-0.25, -0.2) is 12.8 Å². The molecule has 1 aromatic carbocycles. The summed E-state index contributed by atoms with van der Waals surface area (Å²) in [5.41, 5.74) is 0. The van der Waals surface area contributed by atoms with Crippen molar-refractivity contribution >= 4 is 44.2 Å². The molecule has 0 atom stereocenters. The molecular formula is C18H23FN4O3S3. The monoisotopic (exact) mass is 458 g/mol. The fourth-order valence-electron chi connectivity index (χ4n) is 2.88. The maximum atomic E-state index is 13.1. The van der Waals surface area contributed by atoms with Crippen LogP contribution in [0.25, 0.3) is 0 Å². The minimum Gasteiger partial charge on any atom is -0.300 e. The Kier molecular flexibility index (Phi) is 7.25. The second-order valence-electron chi connectivity index (χ2n) is 7.20. The summed E-state index contributed by atoms with van der Waals surface area (Å²) in [5.74, 6) is 0.537. The van der Waals surface area contributed by atoms with Crippen LogP contribution in [0.1, 0.15) is 26.7 Å². The van der Waals surface area contributed by atoms with Crippen molar-refractivity contribution in [1.82, 2.24) is 14.5 Å². The van der Waals surface area contributed by atoms with Gasteiger partial charge in [-0.2, -0.15) is 4.31 Å². The predicted octanol–water partition coefficient (Wildman–Crippen LogP) is 3.46. The van der Waals surface area contributed by atoms with Gasteiger partial charge in [0.15, 0.2) is 4.34 Å². The minimum atomic E-state index is -3.68. The zero-order chi connectivity index (χ0) is 21.0. The maximum Gasteiger partial charge on any atom is 0.243 e. The van der Waals surface area contributed by atoms with Crippen molar-refractivity contribution in [2.75, 3.05) is 24.2 Å². The number of aromatic nitrogens is 2. The number of anilines is 1. The van der Waals surface area contributed by atoms with Crippen LogP contribution in [0, 0.1) is 17.7 Å². The molecule has 0 saturated carbocycles. The van der Waals surface area contributed by atoms with Crippen LogP contribution in [0.4, 0.5) is 9.52 Å². The number of amides is 1. The molecule has 0 aliphatic carbocycles. The number of hydrogen-bond donors (Lipinski definition) is 1. The first-order valence-corrected chi connectivity index (χ1v) is 12.5. The molecule has 7 nitrogen and oxygen atoms in total. The van der Waals surface area contributed by atoms with Crippen molar-refractivity contribution in [1.29, 1.82) is 0 Å². The smallest absolute Gasteiger partial charge is 0.243 e. The number of nitrogens with zero attached hydrogens (tertiary/aromatic N) is 3. The molecule has 1 fully saturated rings. The van der Waals surface area contributed by atoms with Crippen molar-refractivity contribution in [3.63, 3.8) is 0 Å². The first-order chi connectivity index (χ1) is 13.8. The van der Waals surface area contributed by atoms with Crippen LogP contribution in [0.2, 0.25) is 0 Å². The number of carbonyl (C=O) groups is 1. The lowest BCUT2D eigenvalue weighted by Crippen LogP contribution is -2.41. The summed E-state index contributed by atoms with van der Waals surface area (Å²) in [6.45, 7) is 4.73. The minimum absolute atomic E-state index is 0.0575. The molecule has 0 unspecified atom stereocenters. The first-order valence-electron chi connectivity index (χ1n) is 9.28. The molecule has 0 bridgehead atoms. The van der Waals surface area contributed by atoms with Crippen LogP contribution in [-0.2, 0) is 14.8 Å². The van der Waals surface area contributed by atoms with E-state index >= 15 is 0 Å². The number of halogens is 1. The Bertz CT molecular complexity index is 940. The zero-order valence-corrected chi connectivity index (χ0v) is 18.6. The summed E-state index contributed by atoms with van der Waals surface area (Å²) in [6.07, 6.45) is 0.833. The van der Waals surface area contributed by atoms with E-state index in [-0.39, 0.29) is 29.8 Å². The number of piperidine rings is 1. The Labute approximate surface area is 178 Å². The summed E-state index contributed by atoms with van der Waals surface area (Å²) in [7, 11) is -3.68. The van der Waals surface area contributed by atoms with Gasteiger partial charge in [0.25, 0.3) is 0 Å². The van der Waals surface area contributed by atoms with Crippen LogP contribution >= 0.6 is 23.1 Å². The number of thioether (sulfide) groups is 1. The SMILES string of the molecule is CC(C)CSc1nnc(NC(=O)C2CCN(S(=O)(=O)c3ccc(F)cc3)CC2)s1. The van der Waals surface area contributed by atoms with E-state index in [4.69, 9.17) is 0 Å². The van der Waals surface area contributed by atoms with Crippen LogP contribution < -0.4 is 5.32 Å². The summed E-state index contributed by atoms with van der Waals surface area (Å²) < 4.78 is 40.5. The summed E-state index contributed by atoms with van der Waals surface area (Å²) in [5, 5.41) is 11.3. The quantitative estimate of drug-likeness (QED) is 0.505. The van der Waals surface area contributed by atoms with E-state index in [2.05, 4.69) is 29.4 Å². The Morgan fingerprint density at radius 1 is 1.28 bits per heavy atom. The van der Waals surface area contributed by atoms with Crippen molar-refractivity contribution in [2.24, 2.45) is 11.8 Å². The second kappa shape index (κ2) is 9.50. The van der Waals surface area contributed by atoms with E-state index in [1.807, 2.05) is 0 Å². The number of nitrogens with one attached hydrogen (secondary N) is 1. The van der Waals surface area contributed by atoms with Gasteiger partial charge in [-0.15, -0.1) is 10.2 Å². The lowest BCUT2D eigenvalue weighted by molar-refractivity contribution is -0.120. The Morgan fingerprint density at radius 3 is 2.55 bits per heavy atom. The average Bonchev–Trinajstić information content (AvgIpc) is 3.14. The van der Waals surface area contributed by atoms with E-state index in [9.17, 15) is 17.6 Å². The van der Waals surface area contributed by atoms with Gasteiger partial charge in [0, 0.05) is 24.8 Å². The molecule has 1 saturated heterocycles. The average molecular weight is 459 g/mol. The van der Waals surface area contributed by atoms with Crippen LogP contribution in [0.5, 0.6) is 0 Å². The second-order valence-corrected chi connectivity index (χ2v) is 11.4. The molecule has 1 aliphatic heterocycles. The van der Waals surface area contributed by atoms with Gasteiger partial charge in [-0.1, -0.05) is 36.9 Å². The Morgan fingerprint density at radius 2 is 1.93 bits per heavy atom. The summed E-state index contributed by atoms with van der Waals surface area (Å²) >= 11 is 2.95. The third-order valence-electron chi connectivity index (χ3n) is 4.45. The lowest BCUT2D eigenvalue weighted by Gasteiger charge is -2.30. The van der Waals surface area contributed by atoms with Gasteiger partial charge in [0.05, 0.1) is 4.90 Å². The predicted molar refractivity (Wildman–Crippen MR) is 112 cm³/mol. The normalized spacial score (nSPS) is 16.3. The Hall–Kier alpha value is -1.56. The summed E-state index contributed by atoms with van der Waals surface area (Å²) in [6, 6.07) is 4.77. The van der Waals surface area contributed by atoms with Crippen LogP contribution in [0.3, 0.4) is 0 Å². The molecule has 1 amide bonds. The van der Waals surface area contributed by atoms with Crippen molar-refractivity contribution in [3.8, 4) is 0 Å². The third-order valence-corrected chi connectivity index (χ3v) is 8.76. The van der Waals surface area contributed by atoms with Gasteiger partial charge >= 0.3 is 0 Å².